The number of benzene rings is 2. The Morgan fingerprint density at radius 2 is 1.95 bits per heavy atom. The van der Waals surface area contributed by atoms with Gasteiger partial charge in [-0.05, 0) is 23.8 Å². The monoisotopic (exact) mass is 339 g/mol. The zero-order chi connectivity index (χ0) is 13.7. The second-order valence-electron chi connectivity index (χ2n) is 4.19. The van der Waals surface area contributed by atoms with E-state index in [1.807, 2.05) is 36.4 Å². The normalized spacial score (nSPS) is 12.2. The first-order valence-corrected chi connectivity index (χ1v) is 7.13. The van der Waals surface area contributed by atoms with Gasteiger partial charge in [0.2, 0.25) is 0 Å². The summed E-state index contributed by atoms with van der Waals surface area (Å²) in [4.78, 5) is 0. The molecule has 0 saturated heterocycles. The van der Waals surface area contributed by atoms with Crippen LogP contribution in [0.15, 0.2) is 53.0 Å². The number of anilines is 1. The average molecular weight is 341 g/mol. The Morgan fingerprint density at radius 3 is 2.58 bits per heavy atom. The second-order valence-corrected chi connectivity index (χ2v) is 5.51. The highest BCUT2D eigenvalue weighted by Crippen LogP contribution is 2.29. The zero-order valence-corrected chi connectivity index (χ0v) is 12.9. The van der Waals surface area contributed by atoms with Crippen molar-refractivity contribution in [2.75, 3.05) is 19.0 Å². The quantitative estimate of drug-likeness (QED) is 0.835. The highest BCUT2D eigenvalue weighted by atomic mass is 79.9. The molecule has 2 nitrogen and oxygen atoms in total. The lowest BCUT2D eigenvalue weighted by atomic mass is 10.1. The number of hydrogen-bond donors (Lipinski definition) is 1. The summed E-state index contributed by atoms with van der Waals surface area (Å²) in [5, 5.41) is 4.10. The molecular formula is C15H15BrClNO. The molecule has 2 rings (SSSR count). The second kappa shape index (κ2) is 6.94. The molecule has 0 heterocycles. The lowest BCUT2D eigenvalue weighted by molar-refractivity contribution is 0.186. The number of hydrogen-bond acceptors (Lipinski definition) is 2. The number of ether oxygens (including phenoxy) is 1. The van der Waals surface area contributed by atoms with Gasteiger partial charge in [0.15, 0.2) is 0 Å². The topological polar surface area (TPSA) is 21.3 Å². The number of rotatable bonds is 5. The summed E-state index contributed by atoms with van der Waals surface area (Å²) in [5.74, 6) is 0. The molecule has 0 saturated carbocycles. The van der Waals surface area contributed by atoms with Crippen molar-refractivity contribution >= 4 is 33.2 Å². The minimum atomic E-state index is 0.0740. The maximum Gasteiger partial charge on any atom is 0.0748 e. The first-order valence-electron chi connectivity index (χ1n) is 5.96. The van der Waals surface area contributed by atoms with Crippen molar-refractivity contribution in [3.63, 3.8) is 0 Å². The Kier molecular flexibility index (Phi) is 5.25. The number of methoxy groups -OCH3 is 1. The van der Waals surface area contributed by atoms with Crippen molar-refractivity contribution in [1.29, 1.82) is 0 Å². The summed E-state index contributed by atoms with van der Waals surface area (Å²) < 4.78 is 6.24. The maximum absolute atomic E-state index is 6.23. The SMILES string of the molecule is COCC(Nc1ccc(Br)cc1Cl)c1ccccc1. The Hall–Kier alpha value is -1.03. The molecule has 0 aliphatic heterocycles. The van der Waals surface area contributed by atoms with Crippen LogP contribution >= 0.6 is 27.5 Å². The molecule has 0 radical (unpaired) electrons. The number of nitrogens with one attached hydrogen (secondary N) is 1. The molecular weight excluding hydrogens is 326 g/mol. The molecule has 0 aliphatic rings. The average Bonchev–Trinajstić information content (AvgIpc) is 2.42. The van der Waals surface area contributed by atoms with Gasteiger partial charge in [-0.1, -0.05) is 57.9 Å². The molecule has 0 aromatic heterocycles. The minimum Gasteiger partial charge on any atom is -0.382 e. The first kappa shape index (κ1) is 14.4. The van der Waals surface area contributed by atoms with Crippen molar-refractivity contribution in [3.05, 3.63) is 63.6 Å². The third-order valence-corrected chi connectivity index (χ3v) is 3.60. The van der Waals surface area contributed by atoms with Crippen molar-refractivity contribution < 1.29 is 4.74 Å². The van der Waals surface area contributed by atoms with E-state index in [1.54, 1.807) is 7.11 Å². The minimum absolute atomic E-state index is 0.0740. The van der Waals surface area contributed by atoms with Crippen LogP contribution < -0.4 is 5.32 Å². The van der Waals surface area contributed by atoms with Crippen LogP contribution in [0.2, 0.25) is 5.02 Å². The van der Waals surface area contributed by atoms with Gasteiger partial charge in [-0.2, -0.15) is 0 Å². The molecule has 0 amide bonds. The summed E-state index contributed by atoms with van der Waals surface area (Å²) in [6.45, 7) is 0.580. The highest BCUT2D eigenvalue weighted by Gasteiger charge is 2.12. The standard InChI is InChI=1S/C15H15BrClNO/c1-19-10-15(11-5-3-2-4-6-11)18-14-8-7-12(16)9-13(14)17/h2-9,15,18H,10H2,1H3. The Morgan fingerprint density at radius 1 is 1.21 bits per heavy atom. The van der Waals surface area contributed by atoms with Crippen LogP contribution in [0, 0.1) is 0 Å². The molecule has 19 heavy (non-hydrogen) atoms. The predicted molar refractivity (Wildman–Crippen MR) is 83.8 cm³/mol. The van der Waals surface area contributed by atoms with Crippen LogP contribution in [0.5, 0.6) is 0 Å². The van der Waals surface area contributed by atoms with Gasteiger partial charge in [0.25, 0.3) is 0 Å². The van der Waals surface area contributed by atoms with Crippen molar-refractivity contribution in [2.45, 2.75) is 6.04 Å². The molecule has 2 aromatic rings. The van der Waals surface area contributed by atoms with Crippen LogP contribution in [-0.2, 0) is 4.74 Å². The Labute approximate surface area is 126 Å². The summed E-state index contributed by atoms with van der Waals surface area (Å²) in [6.07, 6.45) is 0. The third-order valence-electron chi connectivity index (χ3n) is 2.80. The predicted octanol–water partition coefficient (Wildman–Crippen LogP) is 4.90. The van der Waals surface area contributed by atoms with E-state index in [-0.39, 0.29) is 6.04 Å². The smallest absolute Gasteiger partial charge is 0.0748 e. The zero-order valence-electron chi connectivity index (χ0n) is 10.6. The van der Waals surface area contributed by atoms with Crippen LogP contribution in [0.1, 0.15) is 11.6 Å². The molecule has 0 bridgehead atoms. The van der Waals surface area contributed by atoms with Crippen LogP contribution in [0.3, 0.4) is 0 Å². The van der Waals surface area contributed by atoms with Crippen molar-refractivity contribution in [3.8, 4) is 0 Å². The van der Waals surface area contributed by atoms with E-state index in [0.717, 1.165) is 10.2 Å². The molecule has 1 N–H and O–H groups in total. The lowest BCUT2D eigenvalue weighted by Gasteiger charge is -2.20. The lowest BCUT2D eigenvalue weighted by Crippen LogP contribution is -2.16. The molecule has 1 atom stereocenters. The maximum atomic E-state index is 6.23. The molecule has 0 spiro atoms. The van der Waals surface area contributed by atoms with Crippen LogP contribution in [0.25, 0.3) is 0 Å². The van der Waals surface area contributed by atoms with E-state index in [9.17, 15) is 0 Å². The van der Waals surface area contributed by atoms with E-state index in [0.29, 0.717) is 11.6 Å². The Balaban J connectivity index is 2.21. The summed E-state index contributed by atoms with van der Waals surface area (Å²) >= 11 is 9.63. The fraction of sp³-hybridized carbons (Fsp3) is 0.200. The molecule has 0 aliphatic carbocycles. The third kappa shape index (κ3) is 3.96. The highest BCUT2D eigenvalue weighted by molar-refractivity contribution is 9.10. The molecule has 4 heteroatoms. The van der Waals surface area contributed by atoms with Gasteiger partial charge in [0, 0.05) is 11.6 Å². The fourth-order valence-electron chi connectivity index (χ4n) is 1.87. The van der Waals surface area contributed by atoms with Gasteiger partial charge in [-0.15, -0.1) is 0 Å². The van der Waals surface area contributed by atoms with Gasteiger partial charge >= 0.3 is 0 Å². The van der Waals surface area contributed by atoms with Crippen LogP contribution in [0.4, 0.5) is 5.69 Å². The van der Waals surface area contributed by atoms with Gasteiger partial charge in [0.1, 0.15) is 0 Å². The fourth-order valence-corrected chi connectivity index (χ4v) is 2.60. The van der Waals surface area contributed by atoms with E-state index in [4.69, 9.17) is 16.3 Å². The van der Waals surface area contributed by atoms with E-state index >= 15 is 0 Å². The summed E-state index contributed by atoms with van der Waals surface area (Å²) in [7, 11) is 1.70. The largest absolute Gasteiger partial charge is 0.382 e. The van der Waals surface area contributed by atoms with E-state index in [1.165, 1.54) is 5.56 Å². The summed E-state index contributed by atoms with van der Waals surface area (Å²) in [6, 6.07) is 16.0. The molecule has 1 unspecified atom stereocenters. The van der Waals surface area contributed by atoms with Gasteiger partial charge < -0.3 is 10.1 Å². The van der Waals surface area contributed by atoms with Gasteiger partial charge in [-0.3, -0.25) is 0 Å². The van der Waals surface area contributed by atoms with Gasteiger partial charge in [0.05, 0.1) is 23.4 Å². The molecule has 100 valence electrons. The molecule has 0 fully saturated rings. The Bertz CT molecular complexity index is 533. The first-order chi connectivity index (χ1) is 9.20. The van der Waals surface area contributed by atoms with E-state index in [2.05, 4.69) is 33.4 Å². The van der Waals surface area contributed by atoms with Crippen molar-refractivity contribution in [1.82, 2.24) is 0 Å². The van der Waals surface area contributed by atoms with E-state index < -0.39 is 0 Å². The number of halogens is 2. The molecule has 2 aromatic carbocycles. The van der Waals surface area contributed by atoms with Crippen molar-refractivity contribution in [2.24, 2.45) is 0 Å². The summed E-state index contributed by atoms with van der Waals surface area (Å²) in [5.41, 5.74) is 2.07. The van der Waals surface area contributed by atoms with Crippen LogP contribution in [-0.4, -0.2) is 13.7 Å². The van der Waals surface area contributed by atoms with Gasteiger partial charge in [-0.25, -0.2) is 0 Å².